The van der Waals surface area contributed by atoms with Crippen LogP contribution in [0.2, 0.25) is 0 Å². The maximum Gasteiger partial charge on any atom is 0.254 e. The second-order valence-corrected chi connectivity index (χ2v) is 5.04. The van der Waals surface area contributed by atoms with E-state index in [-0.39, 0.29) is 31.3 Å². The molecule has 0 aromatic carbocycles. The molecule has 2 amide bonds. The fourth-order valence-corrected chi connectivity index (χ4v) is 1.79. The van der Waals surface area contributed by atoms with Gasteiger partial charge in [-0.05, 0) is 19.4 Å². The lowest BCUT2D eigenvalue weighted by molar-refractivity contribution is -0.122. The van der Waals surface area contributed by atoms with Gasteiger partial charge in [-0.1, -0.05) is 13.3 Å². The van der Waals surface area contributed by atoms with Crippen LogP contribution >= 0.6 is 0 Å². The molecule has 1 aromatic rings. The summed E-state index contributed by atoms with van der Waals surface area (Å²) in [7, 11) is 0. The highest BCUT2D eigenvalue weighted by Gasteiger charge is 2.19. The molecule has 0 radical (unpaired) electrons. The first-order valence-corrected chi connectivity index (χ1v) is 6.74. The molecule has 0 fully saturated rings. The van der Waals surface area contributed by atoms with Gasteiger partial charge in [-0.25, -0.2) is 0 Å². The zero-order valence-electron chi connectivity index (χ0n) is 11.9. The maximum atomic E-state index is 11.6. The molecule has 0 aliphatic heterocycles. The monoisotopic (exact) mass is 282 g/mol. The Kier molecular flexibility index (Phi) is 6.24. The minimum Gasteiger partial charge on any atom is -0.472 e. The minimum atomic E-state index is -0.884. The third-order valence-electron chi connectivity index (χ3n) is 2.88. The van der Waals surface area contributed by atoms with Crippen LogP contribution in [0.4, 0.5) is 0 Å². The number of carbonyl (C=O) groups excluding carboxylic acids is 2. The van der Waals surface area contributed by atoms with Gasteiger partial charge in [-0.15, -0.1) is 0 Å². The first-order valence-electron chi connectivity index (χ1n) is 6.74. The number of furan rings is 1. The predicted molar refractivity (Wildman–Crippen MR) is 74.2 cm³/mol. The quantitative estimate of drug-likeness (QED) is 0.665. The molecule has 0 saturated heterocycles. The molecule has 1 rings (SSSR count). The first-order chi connectivity index (χ1) is 9.44. The largest absolute Gasteiger partial charge is 0.472 e. The van der Waals surface area contributed by atoms with E-state index in [1.165, 1.54) is 12.5 Å². The van der Waals surface area contributed by atoms with Crippen LogP contribution in [0.5, 0.6) is 0 Å². The smallest absolute Gasteiger partial charge is 0.254 e. The van der Waals surface area contributed by atoms with Gasteiger partial charge in [0, 0.05) is 19.5 Å². The summed E-state index contributed by atoms with van der Waals surface area (Å²) in [6.45, 7) is 4.13. The van der Waals surface area contributed by atoms with Gasteiger partial charge in [0.1, 0.15) is 6.26 Å². The van der Waals surface area contributed by atoms with E-state index in [4.69, 9.17) is 4.42 Å². The fraction of sp³-hybridized carbons (Fsp3) is 0.571. The van der Waals surface area contributed by atoms with Crippen LogP contribution in [0.15, 0.2) is 23.0 Å². The zero-order valence-corrected chi connectivity index (χ0v) is 11.9. The number of carbonyl (C=O) groups is 2. The Bertz CT molecular complexity index is 426. The second kappa shape index (κ2) is 7.69. The highest BCUT2D eigenvalue weighted by atomic mass is 16.3. The van der Waals surface area contributed by atoms with Crippen molar-refractivity contribution in [3.8, 4) is 0 Å². The van der Waals surface area contributed by atoms with Crippen molar-refractivity contribution < 1.29 is 19.1 Å². The molecular weight excluding hydrogens is 260 g/mol. The van der Waals surface area contributed by atoms with Gasteiger partial charge in [0.2, 0.25) is 5.91 Å². The molecule has 1 heterocycles. The number of rotatable bonds is 8. The molecule has 6 nitrogen and oxygen atoms in total. The van der Waals surface area contributed by atoms with Gasteiger partial charge in [0.25, 0.3) is 5.91 Å². The summed E-state index contributed by atoms with van der Waals surface area (Å²) < 4.78 is 4.79. The van der Waals surface area contributed by atoms with E-state index < -0.39 is 5.60 Å². The predicted octanol–water partition coefficient (Wildman–Crippen LogP) is 1.07. The minimum absolute atomic E-state index is 0.172. The van der Waals surface area contributed by atoms with Crippen molar-refractivity contribution in [2.45, 2.75) is 38.7 Å². The van der Waals surface area contributed by atoms with E-state index in [0.29, 0.717) is 12.0 Å². The maximum absolute atomic E-state index is 11.6. The van der Waals surface area contributed by atoms with Crippen LogP contribution < -0.4 is 10.6 Å². The van der Waals surface area contributed by atoms with E-state index >= 15 is 0 Å². The number of hydrogen-bond acceptors (Lipinski definition) is 4. The summed E-state index contributed by atoms with van der Waals surface area (Å²) in [5.74, 6) is -0.474. The highest BCUT2D eigenvalue weighted by Crippen LogP contribution is 2.09. The second-order valence-electron chi connectivity index (χ2n) is 5.04. The fourth-order valence-electron chi connectivity index (χ4n) is 1.79. The Hall–Kier alpha value is -1.82. The number of hydrogen-bond donors (Lipinski definition) is 3. The van der Waals surface area contributed by atoms with Crippen molar-refractivity contribution in [2.75, 3.05) is 13.1 Å². The van der Waals surface area contributed by atoms with Crippen molar-refractivity contribution in [1.29, 1.82) is 0 Å². The summed E-state index contributed by atoms with van der Waals surface area (Å²) in [6.07, 6.45) is 4.41. The van der Waals surface area contributed by atoms with Crippen LogP contribution in [0.1, 0.15) is 43.5 Å². The number of amides is 2. The van der Waals surface area contributed by atoms with Crippen LogP contribution in [0, 0.1) is 0 Å². The van der Waals surface area contributed by atoms with Crippen LogP contribution in [-0.2, 0) is 4.79 Å². The summed E-state index contributed by atoms with van der Waals surface area (Å²) in [5.41, 5.74) is -0.457. The van der Waals surface area contributed by atoms with Gasteiger partial charge in [0.15, 0.2) is 0 Å². The van der Waals surface area contributed by atoms with E-state index in [1.54, 1.807) is 13.0 Å². The zero-order chi connectivity index (χ0) is 15.0. The molecule has 3 N–H and O–H groups in total. The van der Waals surface area contributed by atoms with Gasteiger partial charge < -0.3 is 20.2 Å². The molecule has 112 valence electrons. The average Bonchev–Trinajstić information content (AvgIpc) is 2.90. The molecule has 1 aromatic heterocycles. The van der Waals surface area contributed by atoms with E-state index in [0.717, 1.165) is 6.42 Å². The third-order valence-corrected chi connectivity index (χ3v) is 2.88. The lowest BCUT2D eigenvalue weighted by Crippen LogP contribution is -2.41. The van der Waals surface area contributed by atoms with Crippen molar-refractivity contribution in [2.24, 2.45) is 0 Å². The van der Waals surface area contributed by atoms with Crippen molar-refractivity contribution in [1.82, 2.24) is 10.6 Å². The summed E-state index contributed by atoms with van der Waals surface area (Å²) in [5, 5.41) is 15.2. The van der Waals surface area contributed by atoms with E-state index in [1.807, 2.05) is 6.92 Å². The molecule has 0 aliphatic rings. The standard InChI is InChI=1S/C14H22N2O4/c1-3-6-14(2,19)10-16-12(17)4-7-15-13(18)11-5-8-20-9-11/h5,8-9,19H,3-4,6-7,10H2,1-2H3,(H,15,18)(H,16,17). The average molecular weight is 282 g/mol. The summed E-state index contributed by atoms with van der Waals surface area (Å²) >= 11 is 0. The van der Waals surface area contributed by atoms with Crippen molar-refractivity contribution in [3.63, 3.8) is 0 Å². The van der Waals surface area contributed by atoms with Crippen LogP contribution in [0.3, 0.4) is 0 Å². The summed E-state index contributed by atoms with van der Waals surface area (Å²) in [6, 6.07) is 1.55. The Balaban J connectivity index is 2.19. The van der Waals surface area contributed by atoms with Crippen LogP contribution in [-0.4, -0.2) is 35.6 Å². The Morgan fingerprint density at radius 3 is 2.75 bits per heavy atom. The van der Waals surface area contributed by atoms with Crippen LogP contribution in [0.25, 0.3) is 0 Å². The molecule has 0 aliphatic carbocycles. The van der Waals surface area contributed by atoms with Gasteiger partial charge in [-0.3, -0.25) is 9.59 Å². The normalized spacial score (nSPS) is 13.6. The molecule has 1 unspecified atom stereocenters. The Labute approximate surface area is 118 Å². The van der Waals surface area contributed by atoms with Gasteiger partial charge in [0.05, 0.1) is 17.4 Å². The van der Waals surface area contributed by atoms with Gasteiger partial charge >= 0.3 is 0 Å². The molecule has 0 saturated carbocycles. The Morgan fingerprint density at radius 2 is 2.15 bits per heavy atom. The van der Waals surface area contributed by atoms with E-state index in [2.05, 4.69) is 10.6 Å². The molecule has 0 bridgehead atoms. The van der Waals surface area contributed by atoms with Gasteiger partial charge in [-0.2, -0.15) is 0 Å². The number of aliphatic hydroxyl groups is 1. The molecular formula is C14H22N2O4. The Morgan fingerprint density at radius 1 is 1.40 bits per heavy atom. The molecule has 20 heavy (non-hydrogen) atoms. The number of nitrogens with one attached hydrogen (secondary N) is 2. The molecule has 0 spiro atoms. The lowest BCUT2D eigenvalue weighted by Gasteiger charge is -2.22. The molecule has 6 heteroatoms. The third kappa shape index (κ3) is 5.88. The summed E-state index contributed by atoms with van der Waals surface area (Å²) in [4.78, 5) is 23.1. The highest BCUT2D eigenvalue weighted by molar-refractivity contribution is 5.93. The topological polar surface area (TPSA) is 91.6 Å². The first kappa shape index (κ1) is 16.2. The lowest BCUT2D eigenvalue weighted by atomic mass is 10.0. The van der Waals surface area contributed by atoms with E-state index in [9.17, 15) is 14.7 Å². The van der Waals surface area contributed by atoms with Crippen molar-refractivity contribution >= 4 is 11.8 Å². The molecule has 1 atom stereocenters. The van der Waals surface area contributed by atoms with Crippen molar-refractivity contribution in [3.05, 3.63) is 24.2 Å². The SMILES string of the molecule is CCCC(C)(O)CNC(=O)CCNC(=O)c1ccoc1.